The molecule has 1 aliphatic rings. The van der Waals surface area contributed by atoms with Gasteiger partial charge < -0.3 is 15.4 Å². The molecule has 0 radical (unpaired) electrons. The summed E-state index contributed by atoms with van der Waals surface area (Å²) in [6.07, 6.45) is 2.14. The highest BCUT2D eigenvalue weighted by Gasteiger charge is 2.21. The summed E-state index contributed by atoms with van der Waals surface area (Å²) in [5.74, 6) is 1.38. The smallest absolute Gasteiger partial charge is 0.251 e. The fourth-order valence-corrected chi connectivity index (χ4v) is 2.94. The molecule has 0 unspecified atom stereocenters. The number of alkyl halides is 2. The zero-order chi connectivity index (χ0) is 19.5. The van der Waals surface area contributed by atoms with Gasteiger partial charge in [-0.3, -0.25) is 4.90 Å². The molecule has 1 fully saturated rings. The maximum Gasteiger partial charge on any atom is 0.251 e. The van der Waals surface area contributed by atoms with Crippen LogP contribution >= 0.6 is 24.0 Å². The van der Waals surface area contributed by atoms with Crippen molar-refractivity contribution < 1.29 is 13.5 Å². The molecule has 0 atom stereocenters. The molecule has 0 bridgehead atoms. The number of hydrogen-bond acceptors (Lipinski definition) is 4. The summed E-state index contributed by atoms with van der Waals surface area (Å²) in [5.41, 5.74) is 1.00. The van der Waals surface area contributed by atoms with Crippen LogP contribution in [0.4, 0.5) is 8.78 Å². The van der Waals surface area contributed by atoms with Gasteiger partial charge in [0.1, 0.15) is 0 Å². The van der Waals surface area contributed by atoms with Crippen molar-refractivity contribution in [3.05, 3.63) is 23.9 Å². The van der Waals surface area contributed by atoms with Crippen LogP contribution in [0.1, 0.15) is 38.7 Å². The van der Waals surface area contributed by atoms with Crippen LogP contribution in [0.25, 0.3) is 0 Å². The molecule has 6 nitrogen and oxygen atoms in total. The Hall–Kier alpha value is -1.23. The highest BCUT2D eigenvalue weighted by molar-refractivity contribution is 14.0. The topological polar surface area (TPSA) is 61.8 Å². The van der Waals surface area contributed by atoms with E-state index in [1.54, 1.807) is 6.20 Å². The predicted octanol–water partition coefficient (Wildman–Crippen LogP) is 3.27. The van der Waals surface area contributed by atoms with Crippen LogP contribution in [0.5, 0.6) is 5.88 Å². The van der Waals surface area contributed by atoms with Crippen LogP contribution in [0.15, 0.2) is 23.3 Å². The predicted molar refractivity (Wildman–Crippen MR) is 119 cm³/mol. The molecule has 1 aromatic heterocycles. The Balaban J connectivity index is 0.00000392. The summed E-state index contributed by atoms with van der Waals surface area (Å²) in [5, 5.41) is 6.66. The van der Waals surface area contributed by atoms with E-state index < -0.39 is 6.43 Å². The first-order valence-electron chi connectivity index (χ1n) is 9.73. The average Bonchev–Trinajstić information content (AvgIpc) is 2.66. The fraction of sp³-hybridized carbons (Fsp3) is 0.684. The first kappa shape index (κ1) is 24.8. The van der Waals surface area contributed by atoms with E-state index in [1.807, 2.05) is 24.0 Å². The van der Waals surface area contributed by atoms with E-state index in [-0.39, 0.29) is 36.6 Å². The number of pyridine rings is 1. The molecular formula is C19H32F2IN5O. The van der Waals surface area contributed by atoms with Gasteiger partial charge in [0.25, 0.3) is 6.43 Å². The lowest BCUT2D eigenvalue weighted by molar-refractivity contribution is 0.0744. The summed E-state index contributed by atoms with van der Waals surface area (Å²) in [7, 11) is 0. The van der Waals surface area contributed by atoms with Crippen molar-refractivity contribution in [2.24, 2.45) is 4.99 Å². The molecule has 2 heterocycles. The Morgan fingerprint density at radius 3 is 2.64 bits per heavy atom. The van der Waals surface area contributed by atoms with Gasteiger partial charge in [-0.05, 0) is 31.7 Å². The third-order valence-corrected chi connectivity index (χ3v) is 4.34. The summed E-state index contributed by atoms with van der Waals surface area (Å²) >= 11 is 0. The third kappa shape index (κ3) is 9.31. The monoisotopic (exact) mass is 511 g/mol. The van der Waals surface area contributed by atoms with Gasteiger partial charge >= 0.3 is 0 Å². The molecular weight excluding hydrogens is 479 g/mol. The first-order chi connectivity index (χ1) is 13.1. The number of piperidine rings is 1. The zero-order valence-corrected chi connectivity index (χ0v) is 19.0. The minimum absolute atomic E-state index is 0. The van der Waals surface area contributed by atoms with E-state index in [0.717, 1.165) is 37.3 Å². The lowest BCUT2D eigenvalue weighted by Gasteiger charge is -2.32. The Morgan fingerprint density at radius 1 is 1.32 bits per heavy atom. The minimum atomic E-state index is -2.26. The highest BCUT2D eigenvalue weighted by Crippen LogP contribution is 2.12. The third-order valence-electron chi connectivity index (χ3n) is 4.34. The standard InChI is InChI=1S/C19H31F2N5O.HI/c1-3-11-27-18-6-5-15(12-23-18)13-24-19(22-4-2)25-16-7-9-26(10-8-16)14-17(20)21;/h5-6,12,16-17H,3-4,7-11,13-14H2,1-2H3,(H2,22,24,25);1H. The average molecular weight is 511 g/mol. The summed E-state index contributed by atoms with van der Waals surface area (Å²) in [4.78, 5) is 10.7. The van der Waals surface area contributed by atoms with Crippen LogP contribution in [0.3, 0.4) is 0 Å². The Kier molecular flexibility index (Phi) is 12.3. The molecule has 0 spiro atoms. The van der Waals surface area contributed by atoms with E-state index >= 15 is 0 Å². The van der Waals surface area contributed by atoms with Crippen molar-refractivity contribution in [3.63, 3.8) is 0 Å². The minimum Gasteiger partial charge on any atom is -0.478 e. The Bertz CT molecular complexity index is 566. The highest BCUT2D eigenvalue weighted by atomic mass is 127. The molecule has 1 saturated heterocycles. The van der Waals surface area contributed by atoms with Gasteiger partial charge in [-0.1, -0.05) is 13.0 Å². The molecule has 28 heavy (non-hydrogen) atoms. The van der Waals surface area contributed by atoms with Gasteiger partial charge in [0.05, 0.1) is 19.7 Å². The number of rotatable bonds is 9. The van der Waals surface area contributed by atoms with Crippen LogP contribution in [-0.2, 0) is 6.54 Å². The van der Waals surface area contributed by atoms with Crippen LogP contribution < -0.4 is 15.4 Å². The van der Waals surface area contributed by atoms with E-state index in [2.05, 4.69) is 27.5 Å². The zero-order valence-electron chi connectivity index (χ0n) is 16.7. The molecule has 0 saturated carbocycles. The second-order valence-corrected chi connectivity index (χ2v) is 6.66. The first-order valence-corrected chi connectivity index (χ1v) is 9.73. The maximum absolute atomic E-state index is 12.5. The summed E-state index contributed by atoms with van der Waals surface area (Å²) in [6, 6.07) is 4.08. The number of hydrogen-bond donors (Lipinski definition) is 2. The quantitative estimate of drug-likeness (QED) is 0.303. The molecule has 0 amide bonds. The normalized spacial score (nSPS) is 16.0. The van der Waals surface area contributed by atoms with Crippen molar-refractivity contribution in [1.82, 2.24) is 20.5 Å². The van der Waals surface area contributed by atoms with E-state index in [9.17, 15) is 8.78 Å². The molecule has 0 aromatic carbocycles. The molecule has 2 rings (SSSR count). The van der Waals surface area contributed by atoms with Crippen LogP contribution in [-0.4, -0.2) is 61.1 Å². The van der Waals surface area contributed by atoms with E-state index in [1.165, 1.54) is 0 Å². The number of likely N-dealkylation sites (tertiary alicyclic amines) is 1. The van der Waals surface area contributed by atoms with Crippen molar-refractivity contribution >= 4 is 29.9 Å². The van der Waals surface area contributed by atoms with Crippen LogP contribution in [0.2, 0.25) is 0 Å². The lowest BCUT2D eigenvalue weighted by atomic mass is 10.1. The summed E-state index contributed by atoms with van der Waals surface area (Å²) in [6.45, 7) is 7.25. The largest absolute Gasteiger partial charge is 0.478 e. The van der Waals surface area contributed by atoms with Crippen LogP contribution in [0, 0.1) is 0 Å². The van der Waals surface area contributed by atoms with Crippen molar-refractivity contribution in [2.75, 3.05) is 32.8 Å². The summed E-state index contributed by atoms with van der Waals surface area (Å²) < 4.78 is 30.4. The van der Waals surface area contributed by atoms with Gasteiger partial charge in [0.15, 0.2) is 5.96 Å². The molecule has 1 aliphatic heterocycles. The Labute approximate surface area is 183 Å². The lowest BCUT2D eigenvalue weighted by Crippen LogP contribution is -2.49. The second-order valence-electron chi connectivity index (χ2n) is 6.66. The van der Waals surface area contributed by atoms with Crippen molar-refractivity contribution in [2.45, 2.75) is 52.1 Å². The fourth-order valence-electron chi connectivity index (χ4n) is 2.94. The molecule has 2 N–H and O–H groups in total. The van der Waals surface area contributed by atoms with Crippen molar-refractivity contribution in [3.8, 4) is 5.88 Å². The number of nitrogens with zero attached hydrogens (tertiary/aromatic N) is 3. The van der Waals surface area contributed by atoms with Gasteiger partial charge in [-0.2, -0.15) is 0 Å². The van der Waals surface area contributed by atoms with Gasteiger partial charge in [0, 0.05) is 37.9 Å². The molecule has 0 aliphatic carbocycles. The number of aliphatic imine (C=N–C) groups is 1. The SMILES string of the molecule is CCCOc1ccc(CN=C(NCC)NC2CCN(CC(F)F)CC2)cn1.I. The number of ether oxygens (including phenoxy) is 1. The molecule has 160 valence electrons. The molecule has 9 heteroatoms. The maximum atomic E-state index is 12.5. The number of guanidine groups is 1. The van der Waals surface area contributed by atoms with Gasteiger partial charge in [-0.15, -0.1) is 24.0 Å². The Morgan fingerprint density at radius 2 is 2.07 bits per heavy atom. The van der Waals surface area contributed by atoms with Gasteiger partial charge in [0.2, 0.25) is 5.88 Å². The van der Waals surface area contributed by atoms with Gasteiger partial charge in [-0.25, -0.2) is 18.8 Å². The number of halogens is 3. The number of aromatic nitrogens is 1. The van der Waals surface area contributed by atoms with E-state index in [4.69, 9.17) is 4.74 Å². The van der Waals surface area contributed by atoms with Crippen molar-refractivity contribution in [1.29, 1.82) is 0 Å². The van der Waals surface area contributed by atoms with E-state index in [0.29, 0.717) is 32.1 Å². The molecule has 1 aromatic rings. The number of nitrogens with one attached hydrogen (secondary N) is 2. The second kappa shape index (κ2) is 13.9.